The molecule has 0 aliphatic heterocycles. The summed E-state index contributed by atoms with van der Waals surface area (Å²) >= 11 is 0. The fourth-order valence-electron chi connectivity index (χ4n) is 1.74. The SMILES string of the molecule is CC(C)CNC(=O)CCNC(=O)C(C#N)c1ccccc1. The van der Waals surface area contributed by atoms with Crippen molar-refractivity contribution in [1.29, 1.82) is 5.26 Å². The molecule has 1 atom stereocenters. The molecule has 5 nitrogen and oxygen atoms in total. The Labute approximate surface area is 125 Å². The average molecular weight is 287 g/mol. The lowest BCUT2D eigenvalue weighted by Crippen LogP contribution is -2.34. The zero-order valence-electron chi connectivity index (χ0n) is 12.4. The number of carbonyl (C=O) groups excluding carboxylic acids is 2. The molecule has 0 aliphatic carbocycles. The molecule has 0 bridgehead atoms. The topological polar surface area (TPSA) is 82.0 Å². The maximum atomic E-state index is 12.0. The minimum atomic E-state index is -0.843. The summed E-state index contributed by atoms with van der Waals surface area (Å²) in [6.07, 6.45) is 0.214. The van der Waals surface area contributed by atoms with Crippen LogP contribution in [0, 0.1) is 17.2 Å². The summed E-state index contributed by atoms with van der Waals surface area (Å²) in [5.74, 6) is -0.924. The zero-order chi connectivity index (χ0) is 15.7. The summed E-state index contributed by atoms with van der Waals surface area (Å²) in [5.41, 5.74) is 0.654. The van der Waals surface area contributed by atoms with Crippen molar-refractivity contribution >= 4 is 11.8 Å². The monoisotopic (exact) mass is 287 g/mol. The van der Waals surface area contributed by atoms with E-state index in [1.807, 2.05) is 26.0 Å². The fourth-order valence-corrected chi connectivity index (χ4v) is 1.74. The first kappa shape index (κ1) is 16.7. The summed E-state index contributed by atoms with van der Waals surface area (Å²) < 4.78 is 0. The number of nitrogens with zero attached hydrogens (tertiary/aromatic N) is 1. The van der Waals surface area contributed by atoms with E-state index in [2.05, 4.69) is 10.6 Å². The van der Waals surface area contributed by atoms with Crippen molar-refractivity contribution in [3.63, 3.8) is 0 Å². The first-order chi connectivity index (χ1) is 10.0. The van der Waals surface area contributed by atoms with Crippen LogP contribution >= 0.6 is 0 Å². The summed E-state index contributed by atoms with van der Waals surface area (Å²) in [6, 6.07) is 10.9. The lowest BCUT2D eigenvalue weighted by atomic mass is 10.00. The van der Waals surface area contributed by atoms with Gasteiger partial charge in [-0.2, -0.15) is 5.26 Å². The summed E-state index contributed by atoms with van der Waals surface area (Å²) in [6.45, 7) is 4.88. The van der Waals surface area contributed by atoms with Gasteiger partial charge in [0, 0.05) is 19.5 Å². The Morgan fingerprint density at radius 1 is 1.19 bits per heavy atom. The summed E-state index contributed by atoms with van der Waals surface area (Å²) in [5, 5.41) is 14.5. The van der Waals surface area contributed by atoms with Crippen molar-refractivity contribution < 1.29 is 9.59 Å². The molecule has 0 saturated heterocycles. The number of nitriles is 1. The second-order valence-electron chi connectivity index (χ2n) is 5.21. The van der Waals surface area contributed by atoms with Crippen molar-refractivity contribution in [1.82, 2.24) is 10.6 Å². The van der Waals surface area contributed by atoms with E-state index in [0.717, 1.165) is 0 Å². The maximum absolute atomic E-state index is 12.0. The quantitative estimate of drug-likeness (QED) is 0.798. The van der Waals surface area contributed by atoms with Crippen LogP contribution < -0.4 is 10.6 Å². The molecule has 0 fully saturated rings. The molecule has 5 heteroatoms. The van der Waals surface area contributed by atoms with Gasteiger partial charge in [0.05, 0.1) is 6.07 Å². The first-order valence-corrected chi connectivity index (χ1v) is 7.03. The molecule has 2 amide bonds. The minimum Gasteiger partial charge on any atom is -0.356 e. The van der Waals surface area contributed by atoms with Crippen LogP contribution in [0.3, 0.4) is 0 Å². The molecule has 1 aromatic rings. The molecule has 1 aromatic carbocycles. The second-order valence-corrected chi connectivity index (χ2v) is 5.21. The number of hydrogen-bond acceptors (Lipinski definition) is 3. The van der Waals surface area contributed by atoms with E-state index in [1.165, 1.54) is 0 Å². The van der Waals surface area contributed by atoms with Crippen molar-refractivity contribution in [3.05, 3.63) is 35.9 Å². The maximum Gasteiger partial charge on any atom is 0.241 e. The van der Waals surface area contributed by atoms with E-state index in [-0.39, 0.29) is 24.8 Å². The number of amides is 2. The van der Waals surface area contributed by atoms with Crippen molar-refractivity contribution in [3.8, 4) is 6.07 Å². The van der Waals surface area contributed by atoms with Crippen molar-refractivity contribution in [2.75, 3.05) is 13.1 Å². The lowest BCUT2D eigenvalue weighted by Gasteiger charge is -2.11. The predicted octanol–water partition coefficient (Wildman–Crippen LogP) is 1.57. The van der Waals surface area contributed by atoms with Gasteiger partial charge in [-0.1, -0.05) is 44.2 Å². The fraction of sp³-hybridized carbons (Fsp3) is 0.438. The van der Waals surface area contributed by atoms with Gasteiger partial charge in [-0.25, -0.2) is 0 Å². The molecule has 1 unspecified atom stereocenters. The van der Waals surface area contributed by atoms with Gasteiger partial charge >= 0.3 is 0 Å². The van der Waals surface area contributed by atoms with Crippen LogP contribution in [0.2, 0.25) is 0 Å². The van der Waals surface area contributed by atoms with Crippen LogP contribution in [0.5, 0.6) is 0 Å². The van der Waals surface area contributed by atoms with Gasteiger partial charge < -0.3 is 10.6 Å². The van der Waals surface area contributed by atoms with E-state index in [1.54, 1.807) is 24.3 Å². The number of benzene rings is 1. The van der Waals surface area contributed by atoms with Gasteiger partial charge in [0.2, 0.25) is 11.8 Å². The average Bonchev–Trinajstić information content (AvgIpc) is 2.47. The van der Waals surface area contributed by atoms with Crippen LogP contribution in [0.1, 0.15) is 31.7 Å². The third-order valence-corrected chi connectivity index (χ3v) is 2.88. The van der Waals surface area contributed by atoms with E-state index >= 15 is 0 Å². The van der Waals surface area contributed by atoms with Gasteiger partial charge in [0.1, 0.15) is 5.92 Å². The Kier molecular flexibility index (Phi) is 6.96. The zero-order valence-corrected chi connectivity index (χ0v) is 12.4. The van der Waals surface area contributed by atoms with E-state index in [0.29, 0.717) is 18.0 Å². The van der Waals surface area contributed by atoms with Gasteiger partial charge in [0.25, 0.3) is 0 Å². The molecule has 0 radical (unpaired) electrons. The third kappa shape index (κ3) is 6.09. The minimum absolute atomic E-state index is 0.0998. The molecule has 0 aromatic heterocycles. The Bertz CT molecular complexity index is 506. The largest absolute Gasteiger partial charge is 0.356 e. The molecule has 0 saturated carbocycles. The number of nitrogens with one attached hydrogen (secondary N) is 2. The van der Waals surface area contributed by atoms with Crippen LogP contribution in [0.15, 0.2) is 30.3 Å². The predicted molar refractivity (Wildman–Crippen MR) is 80.3 cm³/mol. The number of hydrogen-bond donors (Lipinski definition) is 2. The molecule has 2 N–H and O–H groups in total. The highest BCUT2D eigenvalue weighted by molar-refractivity contribution is 5.86. The highest BCUT2D eigenvalue weighted by Crippen LogP contribution is 2.14. The lowest BCUT2D eigenvalue weighted by molar-refractivity contribution is -0.122. The first-order valence-electron chi connectivity index (χ1n) is 7.03. The smallest absolute Gasteiger partial charge is 0.241 e. The highest BCUT2D eigenvalue weighted by Gasteiger charge is 2.19. The Morgan fingerprint density at radius 2 is 1.86 bits per heavy atom. The number of carbonyl (C=O) groups is 2. The molecule has 112 valence electrons. The molecular formula is C16H21N3O2. The van der Waals surface area contributed by atoms with Crippen LogP contribution in [-0.4, -0.2) is 24.9 Å². The summed E-state index contributed by atoms with van der Waals surface area (Å²) in [7, 11) is 0. The van der Waals surface area contributed by atoms with E-state index in [9.17, 15) is 9.59 Å². The van der Waals surface area contributed by atoms with Gasteiger partial charge in [0.15, 0.2) is 0 Å². The highest BCUT2D eigenvalue weighted by atomic mass is 16.2. The summed E-state index contributed by atoms with van der Waals surface area (Å²) in [4.78, 5) is 23.5. The van der Waals surface area contributed by atoms with Crippen molar-refractivity contribution in [2.45, 2.75) is 26.2 Å². The molecule has 1 rings (SSSR count). The Morgan fingerprint density at radius 3 is 2.43 bits per heavy atom. The van der Waals surface area contributed by atoms with E-state index < -0.39 is 5.92 Å². The molecule has 0 aliphatic rings. The van der Waals surface area contributed by atoms with Crippen LogP contribution in [-0.2, 0) is 9.59 Å². The molecule has 21 heavy (non-hydrogen) atoms. The Balaban J connectivity index is 2.39. The van der Waals surface area contributed by atoms with Crippen LogP contribution in [0.4, 0.5) is 0 Å². The number of rotatable bonds is 7. The van der Waals surface area contributed by atoms with Gasteiger partial charge in [-0.15, -0.1) is 0 Å². The molecule has 0 spiro atoms. The standard InChI is InChI=1S/C16H21N3O2/c1-12(2)11-19-15(20)8-9-18-16(21)14(10-17)13-6-4-3-5-7-13/h3-7,12,14H,8-9,11H2,1-2H3,(H,18,21)(H,19,20). The second kappa shape index (κ2) is 8.75. The molecular weight excluding hydrogens is 266 g/mol. The van der Waals surface area contributed by atoms with Crippen molar-refractivity contribution in [2.24, 2.45) is 5.92 Å². The molecule has 0 heterocycles. The van der Waals surface area contributed by atoms with Crippen LogP contribution in [0.25, 0.3) is 0 Å². The normalized spacial score (nSPS) is 11.5. The van der Waals surface area contributed by atoms with E-state index in [4.69, 9.17) is 5.26 Å². The van der Waals surface area contributed by atoms with Gasteiger partial charge in [-0.3, -0.25) is 9.59 Å². The Hall–Kier alpha value is -2.35. The van der Waals surface area contributed by atoms with Gasteiger partial charge in [-0.05, 0) is 11.5 Å². The third-order valence-electron chi connectivity index (χ3n) is 2.88.